The molecular formula is C12H24N2O3. The standard InChI is InChI=1S/C12H24N2O3/c1-8(2)13-11(17)9(3)14(7-10(15)16)12(4,5)6/h8-9H,7H2,1-6H3,(H,13,17)(H,15,16). The molecule has 0 aromatic carbocycles. The minimum Gasteiger partial charge on any atom is -0.480 e. The summed E-state index contributed by atoms with van der Waals surface area (Å²) >= 11 is 0. The maximum atomic E-state index is 11.9. The van der Waals surface area contributed by atoms with Gasteiger partial charge in [0.15, 0.2) is 0 Å². The minimum absolute atomic E-state index is 0.0524. The maximum Gasteiger partial charge on any atom is 0.317 e. The summed E-state index contributed by atoms with van der Waals surface area (Å²) in [4.78, 5) is 24.4. The number of nitrogens with one attached hydrogen (secondary N) is 1. The molecule has 0 saturated carbocycles. The van der Waals surface area contributed by atoms with E-state index in [1.807, 2.05) is 34.6 Å². The van der Waals surface area contributed by atoms with Crippen LogP contribution in [0.25, 0.3) is 0 Å². The van der Waals surface area contributed by atoms with Gasteiger partial charge >= 0.3 is 5.97 Å². The minimum atomic E-state index is -0.927. The number of carboxylic acid groups (broad SMARTS) is 1. The predicted molar refractivity (Wildman–Crippen MR) is 66.8 cm³/mol. The Balaban J connectivity index is 4.81. The van der Waals surface area contributed by atoms with Crippen molar-refractivity contribution < 1.29 is 14.7 Å². The molecule has 1 amide bonds. The molecule has 0 aromatic rings. The first kappa shape index (κ1) is 15.9. The van der Waals surface area contributed by atoms with Crippen LogP contribution in [0, 0.1) is 0 Å². The lowest BCUT2D eigenvalue weighted by Crippen LogP contribution is -2.55. The van der Waals surface area contributed by atoms with Crippen molar-refractivity contribution in [3.05, 3.63) is 0 Å². The predicted octanol–water partition coefficient (Wildman–Crippen LogP) is 1.08. The number of rotatable bonds is 5. The number of carbonyl (C=O) groups excluding carboxylic acids is 1. The van der Waals surface area contributed by atoms with Crippen molar-refractivity contribution in [3.8, 4) is 0 Å². The summed E-state index contributed by atoms with van der Waals surface area (Å²) in [5.41, 5.74) is -0.369. The number of carboxylic acids is 1. The van der Waals surface area contributed by atoms with Crippen LogP contribution in [-0.2, 0) is 9.59 Å². The highest BCUT2D eigenvalue weighted by molar-refractivity contribution is 5.82. The Morgan fingerprint density at radius 3 is 2.00 bits per heavy atom. The van der Waals surface area contributed by atoms with Crippen molar-refractivity contribution in [2.75, 3.05) is 6.54 Å². The van der Waals surface area contributed by atoms with E-state index in [-0.39, 0.29) is 24.0 Å². The molecular weight excluding hydrogens is 220 g/mol. The van der Waals surface area contributed by atoms with Gasteiger partial charge in [-0.3, -0.25) is 14.5 Å². The van der Waals surface area contributed by atoms with E-state index in [4.69, 9.17) is 5.11 Å². The lowest BCUT2D eigenvalue weighted by Gasteiger charge is -2.38. The first-order chi connectivity index (χ1) is 7.55. The zero-order valence-electron chi connectivity index (χ0n) is 11.6. The number of hydrogen-bond donors (Lipinski definition) is 2. The average Bonchev–Trinajstić information content (AvgIpc) is 2.09. The highest BCUT2D eigenvalue weighted by Gasteiger charge is 2.32. The summed E-state index contributed by atoms with van der Waals surface area (Å²) in [7, 11) is 0. The van der Waals surface area contributed by atoms with Gasteiger partial charge in [-0.2, -0.15) is 0 Å². The van der Waals surface area contributed by atoms with Crippen LogP contribution in [0.1, 0.15) is 41.5 Å². The fourth-order valence-corrected chi connectivity index (χ4v) is 1.65. The Bertz CT molecular complexity index is 282. The van der Waals surface area contributed by atoms with Crippen LogP contribution >= 0.6 is 0 Å². The number of hydrogen-bond acceptors (Lipinski definition) is 3. The van der Waals surface area contributed by atoms with E-state index in [1.54, 1.807) is 11.8 Å². The van der Waals surface area contributed by atoms with Gasteiger partial charge in [-0.05, 0) is 41.5 Å². The van der Waals surface area contributed by atoms with E-state index in [2.05, 4.69) is 5.32 Å². The molecule has 17 heavy (non-hydrogen) atoms. The third kappa shape index (κ3) is 5.68. The summed E-state index contributed by atoms with van der Waals surface area (Å²) < 4.78 is 0. The molecule has 0 aromatic heterocycles. The van der Waals surface area contributed by atoms with Crippen LogP contribution in [0.2, 0.25) is 0 Å². The molecule has 0 rings (SSSR count). The van der Waals surface area contributed by atoms with Gasteiger partial charge in [0.1, 0.15) is 0 Å². The Labute approximate surface area is 103 Å². The van der Waals surface area contributed by atoms with Gasteiger partial charge in [0.25, 0.3) is 0 Å². The third-order valence-corrected chi connectivity index (χ3v) is 2.45. The van der Waals surface area contributed by atoms with Gasteiger partial charge in [0.05, 0.1) is 12.6 Å². The van der Waals surface area contributed by atoms with Crippen molar-refractivity contribution in [2.24, 2.45) is 0 Å². The van der Waals surface area contributed by atoms with E-state index in [0.29, 0.717) is 0 Å². The summed E-state index contributed by atoms with van der Waals surface area (Å²) in [6, 6.07) is -0.412. The molecule has 5 nitrogen and oxygen atoms in total. The Morgan fingerprint density at radius 2 is 1.71 bits per heavy atom. The van der Waals surface area contributed by atoms with Gasteiger partial charge in [0.2, 0.25) is 5.91 Å². The first-order valence-corrected chi connectivity index (χ1v) is 5.84. The van der Waals surface area contributed by atoms with E-state index in [9.17, 15) is 9.59 Å². The number of carbonyl (C=O) groups is 2. The normalized spacial score (nSPS) is 13.9. The van der Waals surface area contributed by atoms with Crippen molar-refractivity contribution >= 4 is 11.9 Å². The Morgan fingerprint density at radius 1 is 1.24 bits per heavy atom. The Kier molecular flexibility index (Phi) is 5.61. The van der Waals surface area contributed by atoms with E-state index in [1.165, 1.54) is 0 Å². The van der Waals surface area contributed by atoms with Gasteiger partial charge in [0, 0.05) is 11.6 Å². The zero-order valence-corrected chi connectivity index (χ0v) is 11.6. The molecule has 0 aliphatic heterocycles. The van der Waals surface area contributed by atoms with Crippen LogP contribution in [0.3, 0.4) is 0 Å². The van der Waals surface area contributed by atoms with Crippen molar-refractivity contribution in [3.63, 3.8) is 0 Å². The van der Waals surface area contributed by atoms with Crippen LogP contribution in [0.4, 0.5) is 0 Å². The molecule has 0 radical (unpaired) electrons. The molecule has 0 saturated heterocycles. The van der Waals surface area contributed by atoms with Crippen LogP contribution in [0.15, 0.2) is 0 Å². The number of amides is 1. The molecule has 2 N–H and O–H groups in total. The van der Waals surface area contributed by atoms with Gasteiger partial charge in [-0.1, -0.05) is 0 Å². The van der Waals surface area contributed by atoms with Gasteiger partial charge in [-0.25, -0.2) is 0 Å². The topological polar surface area (TPSA) is 69.6 Å². The molecule has 0 spiro atoms. The Hall–Kier alpha value is -1.10. The molecule has 5 heteroatoms. The quantitative estimate of drug-likeness (QED) is 0.759. The summed E-state index contributed by atoms with van der Waals surface area (Å²) in [5, 5.41) is 11.7. The van der Waals surface area contributed by atoms with Crippen LogP contribution in [0.5, 0.6) is 0 Å². The molecule has 0 heterocycles. The largest absolute Gasteiger partial charge is 0.480 e. The second-order valence-corrected chi connectivity index (χ2v) is 5.53. The highest BCUT2D eigenvalue weighted by atomic mass is 16.4. The molecule has 0 fully saturated rings. The van der Waals surface area contributed by atoms with Crippen molar-refractivity contribution in [1.29, 1.82) is 0 Å². The molecule has 1 unspecified atom stereocenters. The van der Waals surface area contributed by atoms with E-state index in [0.717, 1.165) is 0 Å². The summed E-state index contributed by atoms with van der Waals surface area (Å²) in [5.74, 6) is -1.07. The summed E-state index contributed by atoms with van der Waals surface area (Å²) in [6.07, 6.45) is 0. The number of aliphatic carboxylic acids is 1. The van der Waals surface area contributed by atoms with Crippen LogP contribution in [-0.4, -0.2) is 46.1 Å². The second kappa shape index (κ2) is 6.00. The third-order valence-electron chi connectivity index (χ3n) is 2.45. The average molecular weight is 244 g/mol. The summed E-state index contributed by atoms with van der Waals surface area (Å²) in [6.45, 7) is 11.0. The zero-order chi connectivity index (χ0) is 13.8. The molecule has 0 aliphatic carbocycles. The molecule has 100 valence electrons. The maximum absolute atomic E-state index is 11.9. The molecule has 1 atom stereocenters. The molecule has 0 bridgehead atoms. The highest BCUT2D eigenvalue weighted by Crippen LogP contribution is 2.16. The number of nitrogens with zero attached hydrogens (tertiary/aromatic N) is 1. The lowest BCUT2D eigenvalue weighted by molar-refractivity contribution is -0.142. The van der Waals surface area contributed by atoms with Crippen molar-refractivity contribution in [2.45, 2.75) is 59.2 Å². The first-order valence-electron chi connectivity index (χ1n) is 5.84. The smallest absolute Gasteiger partial charge is 0.317 e. The van der Waals surface area contributed by atoms with Crippen LogP contribution < -0.4 is 5.32 Å². The fourth-order valence-electron chi connectivity index (χ4n) is 1.65. The van der Waals surface area contributed by atoms with Crippen molar-refractivity contribution in [1.82, 2.24) is 10.2 Å². The van der Waals surface area contributed by atoms with Gasteiger partial charge in [-0.15, -0.1) is 0 Å². The van der Waals surface area contributed by atoms with E-state index < -0.39 is 12.0 Å². The SMILES string of the molecule is CC(C)NC(=O)C(C)N(CC(=O)O)C(C)(C)C. The monoisotopic (exact) mass is 244 g/mol. The fraction of sp³-hybridized carbons (Fsp3) is 0.833. The van der Waals surface area contributed by atoms with Gasteiger partial charge < -0.3 is 10.4 Å². The lowest BCUT2D eigenvalue weighted by atomic mass is 10.0. The second-order valence-electron chi connectivity index (χ2n) is 5.53. The van der Waals surface area contributed by atoms with E-state index >= 15 is 0 Å². The molecule has 0 aliphatic rings.